The van der Waals surface area contributed by atoms with E-state index in [2.05, 4.69) is 26.1 Å². The van der Waals surface area contributed by atoms with E-state index in [0.29, 0.717) is 11.4 Å². The van der Waals surface area contributed by atoms with E-state index in [-0.39, 0.29) is 12.2 Å². The molecular formula is C16H16N6O4. The van der Waals surface area contributed by atoms with E-state index in [1.807, 2.05) is 0 Å². The fourth-order valence-electron chi connectivity index (χ4n) is 1.87. The van der Waals surface area contributed by atoms with Gasteiger partial charge in [-0.15, -0.1) is 0 Å². The molecule has 26 heavy (non-hydrogen) atoms. The number of rotatable bonds is 6. The maximum Gasteiger partial charge on any atom is 0.320 e. The highest BCUT2D eigenvalue weighted by Crippen LogP contribution is 2.11. The number of hydrogen-bond donors (Lipinski definition) is 3. The van der Waals surface area contributed by atoms with Crippen LogP contribution in [0.1, 0.15) is 11.3 Å². The molecule has 0 unspecified atom stereocenters. The van der Waals surface area contributed by atoms with Gasteiger partial charge in [0.05, 0.1) is 11.1 Å². The fourth-order valence-corrected chi connectivity index (χ4v) is 1.87. The number of nitro benzene ring substituents is 1. The second-order valence-electron chi connectivity index (χ2n) is 5.12. The van der Waals surface area contributed by atoms with Crippen LogP contribution in [0.5, 0.6) is 0 Å². The number of amides is 3. The number of aromatic nitrogens is 1. The van der Waals surface area contributed by atoms with E-state index in [0.717, 1.165) is 5.69 Å². The molecule has 2 aromatic rings. The van der Waals surface area contributed by atoms with Crippen LogP contribution < -0.4 is 16.1 Å². The predicted molar refractivity (Wildman–Crippen MR) is 94.8 cm³/mol. The van der Waals surface area contributed by atoms with Crippen LogP contribution in [-0.2, 0) is 4.79 Å². The summed E-state index contributed by atoms with van der Waals surface area (Å²) >= 11 is 0. The van der Waals surface area contributed by atoms with Crippen molar-refractivity contribution in [3.8, 4) is 0 Å². The number of pyridine rings is 1. The first kappa shape index (κ1) is 18.5. The van der Waals surface area contributed by atoms with Crippen molar-refractivity contribution in [2.24, 2.45) is 5.10 Å². The molecule has 0 aliphatic carbocycles. The van der Waals surface area contributed by atoms with Crippen LogP contribution in [0.2, 0.25) is 0 Å². The van der Waals surface area contributed by atoms with Crippen molar-refractivity contribution in [2.75, 3.05) is 11.9 Å². The molecule has 0 bridgehead atoms. The molecule has 2 rings (SSSR count). The number of hydrazone groups is 1. The molecule has 1 heterocycles. The number of nitro groups is 1. The number of urea groups is 1. The molecule has 0 atom stereocenters. The van der Waals surface area contributed by atoms with Gasteiger partial charge >= 0.3 is 6.03 Å². The molecule has 0 saturated carbocycles. The molecule has 10 heteroatoms. The van der Waals surface area contributed by atoms with Crippen molar-refractivity contribution in [3.63, 3.8) is 0 Å². The highest BCUT2D eigenvalue weighted by atomic mass is 16.6. The zero-order chi connectivity index (χ0) is 18.9. The molecule has 10 nitrogen and oxygen atoms in total. The quantitative estimate of drug-likeness (QED) is 0.409. The van der Waals surface area contributed by atoms with Crippen LogP contribution in [0.3, 0.4) is 0 Å². The Labute approximate surface area is 148 Å². The number of carbonyl (C=O) groups excluding carboxylic acids is 2. The lowest BCUT2D eigenvalue weighted by atomic mass is 10.2. The number of hydrogen-bond acceptors (Lipinski definition) is 6. The van der Waals surface area contributed by atoms with Crippen LogP contribution in [-0.4, -0.2) is 34.6 Å². The highest BCUT2D eigenvalue weighted by molar-refractivity contribution is 5.91. The number of nitrogens with zero attached hydrogens (tertiary/aromatic N) is 3. The molecule has 134 valence electrons. The zero-order valence-electron chi connectivity index (χ0n) is 13.8. The van der Waals surface area contributed by atoms with Gasteiger partial charge in [0.2, 0.25) is 0 Å². The summed E-state index contributed by atoms with van der Waals surface area (Å²) in [4.78, 5) is 37.6. The SMILES string of the molecule is Cc1cccc(NC(=O)NCC(=O)NN=Cc2cccc([N+](=O)[O-])c2)n1. The van der Waals surface area contributed by atoms with E-state index in [9.17, 15) is 19.7 Å². The highest BCUT2D eigenvalue weighted by Gasteiger charge is 2.06. The van der Waals surface area contributed by atoms with Gasteiger partial charge in [-0.25, -0.2) is 15.2 Å². The average Bonchev–Trinajstić information content (AvgIpc) is 2.60. The van der Waals surface area contributed by atoms with Crippen LogP contribution in [0.25, 0.3) is 0 Å². The van der Waals surface area contributed by atoms with Gasteiger partial charge in [-0.05, 0) is 19.1 Å². The molecule has 0 aliphatic rings. The predicted octanol–water partition coefficient (Wildman–Crippen LogP) is 1.57. The molecule has 0 radical (unpaired) electrons. The topological polar surface area (TPSA) is 139 Å². The first-order chi connectivity index (χ1) is 12.4. The smallest absolute Gasteiger partial charge is 0.320 e. The second kappa shape index (κ2) is 8.87. The normalized spacial score (nSPS) is 10.3. The van der Waals surface area contributed by atoms with Crippen molar-refractivity contribution >= 4 is 29.7 Å². The minimum Gasteiger partial charge on any atom is -0.329 e. The Morgan fingerprint density at radius 3 is 2.77 bits per heavy atom. The van der Waals surface area contributed by atoms with Gasteiger partial charge in [0.25, 0.3) is 11.6 Å². The molecule has 1 aromatic carbocycles. The van der Waals surface area contributed by atoms with Crippen molar-refractivity contribution in [1.82, 2.24) is 15.7 Å². The van der Waals surface area contributed by atoms with Crippen molar-refractivity contribution in [1.29, 1.82) is 0 Å². The lowest BCUT2D eigenvalue weighted by Gasteiger charge is -2.06. The Morgan fingerprint density at radius 2 is 2.04 bits per heavy atom. The lowest BCUT2D eigenvalue weighted by molar-refractivity contribution is -0.384. The molecule has 3 N–H and O–H groups in total. The molecule has 0 spiro atoms. The van der Waals surface area contributed by atoms with E-state index in [1.54, 1.807) is 31.2 Å². The second-order valence-corrected chi connectivity index (χ2v) is 5.12. The van der Waals surface area contributed by atoms with Gasteiger partial charge in [-0.1, -0.05) is 18.2 Å². The van der Waals surface area contributed by atoms with Crippen LogP contribution in [0.15, 0.2) is 47.6 Å². The maximum atomic E-state index is 11.7. The van der Waals surface area contributed by atoms with E-state index in [4.69, 9.17) is 0 Å². The minimum absolute atomic E-state index is 0.0802. The van der Waals surface area contributed by atoms with Crippen molar-refractivity contribution in [2.45, 2.75) is 6.92 Å². The van der Waals surface area contributed by atoms with Gasteiger partial charge in [0, 0.05) is 23.4 Å². The molecule has 0 aliphatic heterocycles. The van der Waals surface area contributed by atoms with Crippen molar-refractivity contribution < 1.29 is 14.5 Å². The van der Waals surface area contributed by atoms with Gasteiger partial charge < -0.3 is 5.32 Å². The van der Waals surface area contributed by atoms with Crippen LogP contribution >= 0.6 is 0 Å². The Hall–Kier alpha value is -3.82. The Kier molecular flexibility index (Phi) is 6.32. The summed E-state index contributed by atoms with van der Waals surface area (Å²) < 4.78 is 0. The lowest BCUT2D eigenvalue weighted by Crippen LogP contribution is -2.37. The van der Waals surface area contributed by atoms with E-state index >= 15 is 0 Å². The van der Waals surface area contributed by atoms with Crippen LogP contribution in [0.4, 0.5) is 16.3 Å². The summed E-state index contributed by atoms with van der Waals surface area (Å²) in [6.45, 7) is 1.49. The standard InChI is InChI=1S/C16H16N6O4/c1-11-4-2-7-14(19-11)20-16(24)17-10-15(23)21-18-9-12-5-3-6-13(8-12)22(25)26/h2-9H,10H2,1H3,(H,21,23)(H2,17,19,20,24). The molecule has 0 fully saturated rings. The number of aryl methyl sites for hydroxylation is 1. The van der Waals surface area contributed by atoms with E-state index in [1.165, 1.54) is 24.4 Å². The summed E-state index contributed by atoms with van der Waals surface area (Å²) in [5, 5.41) is 19.2. The third-order valence-corrected chi connectivity index (χ3v) is 3.02. The number of benzene rings is 1. The monoisotopic (exact) mass is 356 g/mol. The van der Waals surface area contributed by atoms with E-state index < -0.39 is 16.9 Å². The molecule has 1 aromatic heterocycles. The molecule has 0 saturated heterocycles. The third-order valence-electron chi connectivity index (χ3n) is 3.02. The largest absolute Gasteiger partial charge is 0.329 e. The Morgan fingerprint density at radius 1 is 1.27 bits per heavy atom. The van der Waals surface area contributed by atoms with Crippen LogP contribution in [0, 0.1) is 17.0 Å². The third kappa shape index (κ3) is 6.00. The van der Waals surface area contributed by atoms with Gasteiger partial charge in [-0.2, -0.15) is 5.10 Å². The summed E-state index contributed by atoms with van der Waals surface area (Å²) in [6.07, 6.45) is 1.27. The van der Waals surface area contributed by atoms with Gasteiger partial charge in [0.1, 0.15) is 12.4 Å². The molecule has 3 amide bonds. The fraction of sp³-hybridized carbons (Fsp3) is 0.125. The summed E-state index contributed by atoms with van der Waals surface area (Å²) in [6, 6.07) is 10.3. The number of nitrogens with one attached hydrogen (secondary N) is 3. The van der Waals surface area contributed by atoms with Gasteiger partial charge in [-0.3, -0.25) is 20.2 Å². The zero-order valence-corrected chi connectivity index (χ0v) is 13.8. The first-order valence-corrected chi connectivity index (χ1v) is 7.49. The summed E-state index contributed by atoms with van der Waals surface area (Å²) in [5.41, 5.74) is 3.33. The van der Waals surface area contributed by atoms with Crippen molar-refractivity contribution in [3.05, 3.63) is 63.8 Å². The maximum absolute atomic E-state index is 11.7. The molecular weight excluding hydrogens is 340 g/mol. The number of carbonyl (C=O) groups is 2. The summed E-state index contributed by atoms with van der Waals surface area (Å²) in [7, 11) is 0. The Bertz CT molecular complexity index is 852. The number of anilines is 1. The minimum atomic E-state index is -0.582. The average molecular weight is 356 g/mol. The summed E-state index contributed by atoms with van der Waals surface area (Å²) in [5.74, 6) is -0.189. The number of non-ortho nitro benzene ring substituents is 1. The van der Waals surface area contributed by atoms with Gasteiger partial charge in [0.15, 0.2) is 0 Å². The Balaban J connectivity index is 1.77. The first-order valence-electron chi connectivity index (χ1n) is 7.49.